The highest BCUT2D eigenvalue weighted by Gasteiger charge is 2.27. The molecular formula is C22H28N2O3S. The van der Waals surface area contributed by atoms with Crippen LogP contribution in [-0.4, -0.2) is 62.3 Å². The minimum atomic E-state index is -3.01. The van der Waals surface area contributed by atoms with Crippen molar-refractivity contribution in [2.45, 2.75) is 18.9 Å². The molecule has 1 saturated heterocycles. The molecule has 5 nitrogen and oxygen atoms in total. The molecule has 0 unspecified atom stereocenters. The highest BCUT2D eigenvalue weighted by atomic mass is 32.2. The first kappa shape index (κ1) is 20.6. The van der Waals surface area contributed by atoms with E-state index in [9.17, 15) is 13.2 Å². The van der Waals surface area contributed by atoms with E-state index in [-0.39, 0.29) is 17.7 Å². The molecule has 0 N–H and O–H groups in total. The van der Waals surface area contributed by atoms with Crippen molar-refractivity contribution < 1.29 is 13.2 Å². The summed E-state index contributed by atoms with van der Waals surface area (Å²) in [6.07, 6.45) is 1.91. The Hall–Kier alpha value is -2.18. The molecule has 0 saturated carbocycles. The minimum absolute atomic E-state index is 0.0549. The Kier molecular flexibility index (Phi) is 6.86. The van der Waals surface area contributed by atoms with E-state index in [1.54, 1.807) is 0 Å². The number of piperazine rings is 1. The van der Waals surface area contributed by atoms with Crippen molar-refractivity contribution in [1.29, 1.82) is 0 Å². The van der Waals surface area contributed by atoms with Crippen LogP contribution in [0.1, 0.15) is 30.0 Å². The van der Waals surface area contributed by atoms with Gasteiger partial charge in [-0.3, -0.25) is 9.69 Å². The van der Waals surface area contributed by atoms with E-state index in [0.29, 0.717) is 25.9 Å². The summed E-state index contributed by atoms with van der Waals surface area (Å²) in [5.74, 6) is 0.127. The molecule has 6 heteroatoms. The fourth-order valence-corrected chi connectivity index (χ4v) is 4.43. The zero-order valence-electron chi connectivity index (χ0n) is 16.3. The number of nitrogens with zero attached hydrogens (tertiary/aromatic N) is 2. The Balaban J connectivity index is 1.64. The number of sulfone groups is 1. The van der Waals surface area contributed by atoms with Gasteiger partial charge in [-0.25, -0.2) is 8.42 Å². The molecule has 150 valence electrons. The van der Waals surface area contributed by atoms with Crippen LogP contribution in [0, 0.1) is 0 Å². The summed E-state index contributed by atoms with van der Waals surface area (Å²) in [5.41, 5.74) is 2.50. The van der Waals surface area contributed by atoms with Crippen LogP contribution in [0.2, 0.25) is 0 Å². The van der Waals surface area contributed by atoms with Gasteiger partial charge in [0.25, 0.3) is 0 Å². The summed E-state index contributed by atoms with van der Waals surface area (Å²) in [7, 11) is -3.01. The zero-order chi connectivity index (χ0) is 20.0. The zero-order valence-corrected chi connectivity index (χ0v) is 17.1. The summed E-state index contributed by atoms with van der Waals surface area (Å²) < 4.78 is 22.5. The second-order valence-electron chi connectivity index (χ2n) is 7.37. The molecule has 1 amide bonds. The van der Waals surface area contributed by atoms with Crippen LogP contribution in [0.25, 0.3) is 0 Å². The Morgan fingerprint density at radius 3 is 1.86 bits per heavy atom. The van der Waals surface area contributed by atoms with E-state index < -0.39 is 9.84 Å². The van der Waals surface area contributed by atoms with Crippen molar-refractivity contribution in [1.82, 2.24) is 9.80 Å². The van der Waals surface area contributed by atoms with E-state index in [0.717, 1.165) is 13.1 Å². The van der Waals surface area contributed by atoms with Gasteiger partial charge in [-0.15, -0.1) is 0 Å². The number of benzene rings is 2. The second kappa shape index (κ2) is 9.34. The van der Waals surface area contributed by atoms with Gasteiger partial charge in [0.1, 0.15) is 9.84 Å². The van der Waals surface area contributed by atoms with Crippen LogP contribution in [0.5, 0.6) is 0 Å². The van der Waals surface area contributed by atoms with Crippen molar-refractivity contribution in [3.05, 3.63) is 71.8 Å². The van der Waals surface area contributed by atoms with Crippen LogP contribution < -0.4 is 0 Å². The molecule has 1 heterocycles. The molecule has 0 aromatic heterocycles. The van der Waals surface area contributed by atoms with Crippen LogP contribution in [0.15, 0.2) is 60.7 Å². The molecule has 0 radical (unpaired) electrons. The Labute approximate surface area is 167 Å². The predicted octanol–water partition coefficient (Wildman–Crippen LogP) is 2.75. The lowest BCUT2D eigenvalue weighted by Gasteiger charge is -2.40. The molecule has 1 aliphatic rings. The van der Waals surface area contributed by atoms with Crippen LogP contribution in [-0.2, 0) is 14.6 Å². The Morgan fingerprint density at radius 2 is 1.39 bits per heavy atom. The van der Waals surface area contributed by atoms with Crippen molar-refractivity contribution in [3.63, 3.8) is 0 Å². The fourth-order valence-electron chi connectivity index (χ4n) is 3.76. The van der Waals surface area contributed by atoms with Crippen LogP contribution >= 0.6 is 0 Å². The molecule has 0 aliphatic carbocycles. The SMILES string of the molecule is CS(=O)(=O)CCCC(=O)N1CCN(C(c2ccccc2)c2ccccc2)CC1. The summed E-state index contributed by atoms with van der Waals surface area (Å²) >= 11 is 0. The van der Waals surface area contributed by atoms with Crippen LogP contribution in [0.4, 0.5) is 0 Å². The molecule has 0 atom stereocenters. The Morgan fingerprint density at radius 1 is 0.893 bits per heavy atom. The molecule has 28 heavy (non-hydrogen) atoms. The van der Waals surface area contributed by atoms with Gasteiger partial charge in [0.2, 0.25) is 5.91 Å². The van der Waals surface area contributed by atoms with E-state index in [2.05, 4.69) is 53.4 Å². The molecular weight excluding hydrogens is 372 g/mol. The van der Waals surface area contributed by atoms with E-state index in [1.165, 1.54) is 17.4 Å². The molecule has 0 bridgehead atoms. The van der Waals surface area contributed by atoms with Crippen molar-refractivity contribution in [2.24, 2.45) is 0 Å². The fraction of sp³-hybridized carbons (Fsp3) is 0.409. The largest absolute Gasteiger partial charge is 0.340 e. The predicted molar refractivity (Wildman–Crippen MR) is 112 cm³/mol. The topological polar surface area (TPSA) is 57.7 Å². The third kappa shape index (κ3) is 5.66. The maximum atomic E-state index is 12.4. The number of rotatable bonds is 7. The second-order valence-corrected chi connectivity index (χ2v) is 9.63. The lowest BCUT2D eigenvalue weighted by molar-refractivity contribution is -0.133. The van der Waals surface area contributed by atoms with Crippen LogP contribution in [0.3, 0.4) is 0 Å². The lowest BCUT2D eigenvalue weighted by Crippen LogP contribution is -2.49. The highest BCUT2D eigenvalue weighted by molar-refractivity contribution is 7.90. The van der Waals surface area contributed by atoms with E-state index in [4.69, 9.17) is 0 Å². The van der Waals surface area contributed by atoms with Crippen molar-refractivity contribution >= 4 is 15.7 Å². The van der Waals surface area contributed by atoms with Gasteiger partial charge >= 0.3 is 0 Å². The molecule has 1 aliphatic heterocycles. The maximum Gasteiger partial charge on any atom is 0.222 e. The summed E-state index contributed by atoms with van der Waals surface area (Å²) in [6.45, 7) is 2.94. The lowest BCUT2D eigenvalue weighted by atomic mass is 9.96. The molecule has 2 aromatic rings. The monoisotopic (exact) mass is 400 g/mol. The van der Waals surface area contributed by atoms with Crippen molar-refractivity contribution in [3.8, 4) is 0 Å². The molecule has 3 rings (SSSR count). The van der Waals surface area contributed by atoms with Gasteiger partial charge in [0.15, 0.2) is 0 Å². The van der Waals surface area contributed by atoms with E-state index >= 15 is 0 Å². The quantitative estimate of drug-likeness (QED) is 0.717. The summed E-state index contributed by atoms with van der Waals surface area (Å²) in [6, 6.07) is 21.1. The first-order valence-corrected chi connectivity index (χ1v) is 11.8. The normalized spacial score (nSPS) is 15.7. The number of carbonyl (C=O) groups excluding carboxylic acids is 1. The molecule has 2 aromatic carbocycles. The molecule has 0 spiro atoms. The van der Waals surface area contributed by atoms with Gasteiger partial charge in [0, 0.05) is 38.9 Å². The average molecular weight is 401 g/mol. The first-order valence-electron chi connectivity index (χ1n) is 9.73. The van der Waals surface area contributed by atoms with Gasteiger partial charge < -0.3 is 4.90 Å². The van der Waals surface area contributed by atoms with Gasteiger partial charge in [-0.05, 0) is 17.5 Å². The maximum absolute atomic E-state index is 12.4. The highest BCUT2D eigenvalue weighted by Crippen LogP contribution is 2.29. The van der Waals surface area contributed by atoms with Gasteiger partial charge in [-0.2, -0.15) is 0 Å². The van der Waals surface area contributed by atoms with Gasteiger partial charge in [0.05, 0.1) is 11.8 Å². The number of amides is 1. The minimum Gasteiger partial charge on any atom is -0.340 e. The average Bonchev–Trinajstić information content (AvgIpc) is 2.69. The summed E-state index contributed by atoms with van der Waals surface area (Å²) in [5, 5.41) is 0. The Bertz CT molecular complexity index is 822. The standard InChI is InChI=1S/C22H28N2O3S/c1-28(26,27)18-8-13-21(25)23-14-16-24(17-15-23)22(19-9-4-2-5-10-19)20-11-6-3-7-12-20/h2-7,9-12,22H,8,13-18H2,1H3. The number of carbonyl (C=O) groups is 1. The number of hydrogen-bond donors (Lipinski definition) is 0. The smallest absolute Gasteiger partial charge is 0.222 e. The molecule has 1 fully saturated rings. The first-order chi connectivity index (χ1) is 13.4. The number of hydrogen-bond acceptors (Lipinski definition) is 4. The third-order valence-corrected chi connectivity index (χ3v) is 6.20. The van der Waals surface area contributed by atoms with Gasteiger partial charge in [-0.1, -0.05) is 60.7 Å². The van der Waals surface area contributed by atoms with Crippen molar-refractivity contribution in [2.75, 3.05) is 38.2 Å². The summed E-state index contributed by atoms with van der Waals surface area (Å²) in [4.78, 5) is 16.7. The third-order valence-electron chi connectivity index (χ3n) is 5.17. The van der Waals surface area contributed by atoms with E-state index in [1.807, 2.05) is 17.0 Å².